The Morgan fingerprint density at radius 1 is 1.08 bits per heavy atom. The molecule has 1 atom stereocenters. The summed E-state index contributed by atoms with van der Waals surface area (Å²) in [7, 11) is 3.43. The van der Waals surface area contributed by atoms with Crippen molar-refractivity contribution < 1.29 is 9.47 Å². The van der Waals surface area contributed by atoms with E-state index in [1.165, 1.54) is 5.56 Å². The van der Waals surface area contributed by atoms with Crippen LogP contribution in [0.4, 0.5) is 0 Å². The minimum Gasteiger partial charge on any atom is -0.493 e. The van der Waals surface area contributed by atoms with Crippen molar-refractivity contribution in [3.63, 3.8) is 0 Å². The SMILES string of the molecule is CCOc1ccc(CNC(=NC)NCC(C)c2ccccc2)cc1OC. The summed E-state index contributed by atoms with van der Waals surface area (Å²) in [5, 5.41) is 6.72. The molecule has 0 saturated heterocycles. The monoisotopic (exact) mass is 355 g/mol. The number of ether oxygens (including phenoxy) is 2. The molecule has 2 rings (SSSR count). The van der Waals surface area contributed by atoms with Gasteiger partial charge in [-0.15, -0.1) is 0 Å². The van der Waals surface area contributed by atoms with Crippen molar-refractivity contribution in [2.45, 2.75) is 26.3 Å². The number of hydrogen-bond acceptors (Lipinski definition) is 3. The fourth-order valence-corrected chi connectivity index (χ4v) is 2.65. The van der Waals surface area contributed by atoms with Crippen LogP contribution in [0.2, 0.25) is 0 Å². The second-order valence-corrected chi connectivity index (χ2v) is 6.04. The van der Waals surface area contributed by atoms with Gasteiger partial charge in [-0.2, -0.15) is 0 Å². The van der Waals surface area contributed by atoms with Crippen LogP contribution in [-0.2, 0) is 6.54 Å². The van der Waals surface area contributed by atoms with E-state index in [1.807, 2.05) is 31.2 Å². The lowest BCUT2D eigenvalue weighted by Crippen LogP contribution is -2.38. The lowest BCUT2D eigenvalue weighted by atomic mass is 10.0. The Labute approximate surface area is 156 Å². The Hall–Kier alpha value is -2.69. The third-order valence-electron chi connectivity index (χ3n) is 4.16. The first-order valence-electron chi connectivity index (χ1n) is 8.97. The molecule has 0 aliphatic carbocycles. The number of rotatable bonds is 8. The van der Waals surface area contributed by atoms with Gasteiger partial charge < -0.3 is 20.1 Å². The second kappa shape index (κ2) is 10.3. The van der Waals surface area contributed by atoms with Gasteiger partial charge in [-0.25, -0.2) is 0 Å². The first kappa shape index (κ1) is 19.6. The first-order valence-corrected chi connectivity index (χ1v) is 8.97. The van der Waals surface area contributed by atoms with Crippen molar-refractivity contribution >= 4 is 5.96 Å². The number of hydrogen-bond donors (Lipinski definition) is 2. The molecule has 2 aromatic carbocycles. The predicted molar refractivity (Wildman–Crippen MR) is 107 cm³/mol. The Balaban J connectivity index is 1.88. The normalized spacial score (nSPS) is 12.4. The molecule has 0 saturated carbocycles. The van der Waals surface area contributed by atoms with Crippen LogP contribution in [0.1, 0.15) is 30.9 Å². The Morgan fingerprint density at radius 3 is 2.50 bits per heavy atom. The zero-order valence-electron chi connectivity index (χ0n) is 16.1. The molecule has 2 aromatic rings. The van der Waals surface area contributed by atoms with E-state index in [1.54, 1.807) is 14.2 Å². The smallest absolute Gasteiger partial charge is 0.191 e. The van der Waals surface area contributed by atoms with Crippen LogP contribution in [0.25, 0.3) is 0 Å². The van der Waals surface area contributed by atoms with Gasteiger partial charge >= 0.3 is 0 Å². The maximum absolute atomic E-state index is 5.56. The molecule has 0 fully saturated rings. The molecule has 0 amide bonds. The maximum atomic E-state index is 5.56. The Morgan fingerprint density at radius 2 is 1.85 bits per heavy atom. The van der Waals surface area contributed by atoms with Crippen molar-refractivity contribution in [3.05, 3.63) is 59.7 Å². The van der Waals surface area contributed by atoms with E-state index in [9.17, 15) is 0 Å². The Bertz CT molecular complexity index is 702. The van der Waals surface area contributed by atoms with Crippen molar-refractivity contribution in [1.29, 1.82) is 0 Å². The van der Waals surface area contributed by atoms with Crippen LogP contribution in [0.5, 0.6) is 11.5 Å². The van der Waals surface area contributed by atoms with E-state index >= 15 is 0 Å². The molecule has 0 aromatic heterocycles. The van der Waals surface area contributed by atoms with E-state index in [0.717, 1.165) is 29.6 Å². The second-order valence-electron chi connectivity index (χ2n) is 6.04. The summed E-state index contributed by atoms with van der Waals surface area (Å²) in [6, 6.07) is 16.4. The fraction of sp³-hybridized carbons (Fsp3) is 0.381. The summed E-state index contributed by atoms with van der Waals surface area (Å²) in [5.74, 6) is 2.69. The molecule has 0 radical (unpaired) electrons. The molecule has 5 nitrogen and oxygen atoms in total. The molecule has 5 heteroatoms. The summed E-state index contributed by atoms with van der Waals surface area (Å²) in [4.78, 5) is 4.30. The molecule has 0 bridgehead atoms. The molecule has 2 N–H and O–H groups in total. The quantitative estimate of drug-likeness (QED) is 0.561. The highest BCUT2D eigenvalue weighted by molar-refractivity contribution is 5.79. The standard InChI is InChI=1S/C21H29N3O2/c1-5-26-19-12-11-17(13-20(19)25-4)15-24-21(22-3)23-14-16(2)18-9-7-6-8-10-18/h6-13,16H,5,14-15H2,1-4H3,(H2,22,23,24). The summed E-state index contributed by atoms with van der Waals surface area (Å²) in [6.07, 6.45) is 0. The molecule has 26 heavy (non-hydrogen) atoms. The van der Waals surface area contributed by atoms with Gasteiger partial charge in [0.25, 0.3) is 0 Å². The average Bonchev–Trinajstić information content (AvgIpc) is 2.69. The zero-order valence-corrected chi connectivity index (χ0v) is 16.1. The average molecular weight is 355 g/mol. The van der Waals surface area contributed by atoms with Gasteiger partial charge in [0, 0.05) is 20.1 Å². The largest absolute Gasteiger partial charge is 0.493 e. The summed E-state index contributed by atoms with van der Waals surface area (Å²) in [6.45, 7) is 6.25. The van der Waals surface area contributed by atoms with E-state index in [-0.39, 0.29) is 0 Å². The molecule has 0 aliphatic heterocycles. The van der Waals surface area contributed by atoms with Crippen LogP contribution >= 0.6 is 0 Å². The van der Waals surface area contributed by atoms with Gasteiger partial charge in [-0.05, 0) is 36.1 Å². The van der Waals surface area contributed by atoms with Crippen molar-refractivity contribution in [1.82, 2.24) is 10.6 Å². The Kier molecular flexibility index (Phi) is 7.80. The maximum Gasteiger partial charge on any atom is 0.191 e. The number of nitrogens with one attached hydrogen (secondary N) is 2. The summed E-state index contributed by atoms with van der Waals surface area (Å²) >= 11 is 0. The van der Waals surface area contributed by atoms with Crippen LogP contribution < -0.4 is 20.1 Å². The number of nitrogens with zero attached hydrogens (tertiary/aromatic N) is 1. The minimum absolute atomic E-state index is 0.403. The van der Waals surface area contributed by atoms with Gasteiger partial charge in [0.05, 0.1) is 13.7 Å². The minimum atomic E-state index is 0.403. The number of guanidine groups is 1. The molecule has 0 spiro atoms. The third kappa shape index (κ3) is 5.69. The lowest BCUT2D eigenvalue weighted by Gasteiger charge is -2.17. The van der Waals surface area contributed by atoms with Crippen molar-refractivity contribution in [3.8, 4) is 11.5 Å². The van der Waals surface area contributed by atoms with Crippen LogP contribution in [0, 0.1) is 0 Å². The van der Waals surface area contributed by atoms with E-state index in [0.29, 0.717) is 19.1 Å². The van der Waals surface area contributed by atoms with Crippen molar-refractivity contribution in [2.24, 2.45) is 4.99 Å². The number of aliphatic imine (C=N–C) groups is 1. The predicted octanol–water partition coefficient (Wildman–Crippen LogP) is 3.56. The molecule has 0 aliphatic rings. The van der Waals surface area contributed by atoms with Crippen LogP contribution in [-0.4, -0.2) is 33.3 Å². The highest BCUT2D eigenvalue weighted by Gasteiger charge is 2.08. The summed E-state index contributed by atoms with van der Waals surface area (Å²) in [5.41, 5.74) is 2.41. The van der Waals surface area contributed by atoms with E-state index in [2.05, 4.69) is 46.8 Å². The molecule has 0 heterocycles. The zero-order chi connectivity index (χ0) is 18.8. The van der Waals surface area contributed by atoms with Gasteiger partial charge in [0.1, 0.15) is 0 Å². The van der Waals surface area contributed by atoms with Gasteiger partial charge in [0.2, 0.25) is 0 Å². The number of methoxy groups -OCH3 is 1. The summed E-state index contributed by atoms with van der Waals surface area (Å²) < 4.78 is 11.0. The first-order chi connectivity index (χ1) is 12.7. The van der Waals surface area contributed by atoms with Crippen LogP contribution in [0.15, 0.2) is 53.5 Å². The molecular weight excluding hydrogens is 326 g/mol. The van der Waals surface area contributed by atoms with E-state index in [4.69, 9.17) is 9.47 Å². The third-order valence-corrected chi connectivity index (χ3v) is 4.16. The topological polar surface area (TPSA) is 54.9 Å². The van der Waals surface area contributed by atoms with E-state index < -0.39 is 0 Å². The molecule has 140 valence electrons. The molecule has 1 unspecified atom stereocenters. The fourth-order valence-electron chi connectivity index (χ4n) is 2.65. The van der Waals surface area contributed by atoms with Gasteiger partial charge in [-0.3, -0.25) is 4.99 Å². The van der Waals surface area contributed by atoms with Crippen molar-refractivity contribution in [2.75, 3.05) is 27.3 Å². The lowest BCUT2D eigenvalue weighted by molar-refractivity contribution is 0.310. The highest BCUT2D eigenvalue weighted by atomic mass is 16.5. The van der Waals surface area contributed by atoms with Crippen LogP contribution in [0.3, 0.4) is 0 Å². The molecular formula is C21H29N3O2. The highest BCUT2D eigenvalue weighted by Crippen LogP contribution is 2.27. The van der Waals surface area contributed by atoms with Gasteiger partial charge in [-0.1, -0.05) is 43.3 Å². The number of benzene rings is 2. The van der Waals surface area contributed by atoms with Gasteiger partial charge in [0.15, 0.2) is 17.5 Å².